The lowest BCUT2D eigenvalue weighted by Gasteiger charge is -2.45. The number of ether oxygens (including phenoxy) is 2. The van der Waals surface area contributed by atoms with Gasteiger partial charge in [0.2, 0.25) is 12.2 Å². The monoisotopic (exact) mass is 649 g/mol. The molecule has 1 aromatic rings. The summed E-state index contributed by atoms with van der Waals surface area (Å²) < 4.78 is 133. The van der Waals surface area contributed by atoms with E-state index < -0.39 is 75.4 Å². The van der Waals surface area contributed by atoms with Gasteiger partial charge in [-0.15, -0.1) is 11.6 Å². The van der Waals surface area contributed by atoms with Crippen LogP contribution < -0.4 is 10.5 Å². The van der Waals surface area contributed by atoms with Crippen molar-refractivity contribution in [3.05, 3.63) is 44.3 Å². The zero-order valence-electron chi connectivity index (χ0n) is 19.4. The van der Waals surface area contributed by atoms with E-state index in [2.05, 4.69) is 25.7 Å². The van der Waals surface area contributed by atoms with Gasteiger partial charge in [0.05, 0.1) is 18.7 Å². The van der Waals surface area contributed by atoms with Crippen LogP contribution in [0.3, 0.4) is 0 Å². The topological polar surface area (TPSA) is 73.7 Å². The Morgan fingerprint density at radius 1 is 1.18 bits per heavy atom. The number of alkyl halides is 10. The molecule has 1 aromatic heterocycles. The van der Waals surface area contributed by atoms with Gasteiger partial charge in [-0.2, -0.15) is 39.5 Å². The van der Waals surface area contributed by atoms with E-state index in [9.17, 15) is 49.1 Å². The molecule has 0 fully saturated rings. The van der Waals surface area contributed by atoms with Gasteiger partial charge in [-0.25, -0.2) is 9.78 Å². The summed E-state index contributed by atoms with van der Waals surface area (Å²) in [6, 6.07) is -2.83. The molecule has 0 aliphatic heterocycles. The smallest absolute Gasteiger partial charge is 0.434 e. The maximum absolute atomic E-state index is 14.2. The molecule has 0 radical (unpaired) electrons. The highest BCUT2D eigenvalue weighted by atomic mass is 79.9. The van der Waals surface area contributed by atoms with Crippen molar-refractivity contribution >= 4 is 39.4 Å². The van der Waals surface area contributed by atoms with Crippen molar-refractivity contribution in [3.63, 3.8) is 0 Å². The van der Waals surface area contributed by atoms with Crippen molar-refractivity contribution in [2.75, 3.05) is 19.1 Å². The fourth-order valence-corrected chi connectivity index (χ4v) is 4.28. The molecule has 3 unspecified atom stereocenters. The van der Waals surface area contributed by atoms with Gasteiger partial charge >= 0.3 is 24.5 Å². The quantitative estimate of drug-likeness (QED) is 0.172. The summed E-state index contributed by atoms with van der Waals surface area (Å²) in [6.07, 6.45) is -18.7. The lowest BCUT2D eigenvalue weighted by atomic mass is 9.88. The van der Waals surface area contributed by atoms with Crippen molar-refractivity contribution in [1.82, 2.24) is 9.55 Å². The number of anilines is 1. The first-order valence-corrected chi connectivity index (χ1v) is 11.4. The van der Waals surface area contributed by atoms with Crippen molar-refractivity contribution in [2.24, 2.45) is 0 Å². The number of carbonyl (C=O) groups is 1. The van der Waals surface area contributed by atoms with E-state index in [4.69, 9.17) is 16.3 Å². The summed E-state index contributed by atoms with van der Waals surface area (Å²) in [4.78, 5) is 24.9. The second kappa shape index (κ2) is 11.1. The Morgan fingerprint density at radius 2 is 1.76 bits per heavy atom. The average Bonchev–Trinajstić information content (AvgIpc) is 2.79. The standard InChI is InChI=1S/C20H18BrClF9N3O4/c1-4-7-33-13(35)11(21)12(19(26,27)28)32-16(33)34(14(37-2)15(36)38-3)10-8-9(18(23,24)25)5-6-17(10,22)20(29,30)31/h5-6,8,10,14H,4,7H2,1-3H3. The summed E-state index contributed by atoms with van der Waals surface area (Å²) in [7, 11) is 1.45. The third-order valence-electron chi connectivity index (χ3n) is 5.25. The molecule has 0 aromatic carbocycles. The number of methoxy groups -OCH3 is 2. The van der Waals surface area contributed by atoms with Gasteiger partial charge in [-0.3, -0.25) is 14.3 Å². The van der Waals surface area contributed by atoms with Gasteiger partial charge in [0.15, 0.2) is 10.6 Å². The van der Waals surface area contributed by atoms with E-state index in [0.29, 0.717) is 4.57 Å². The molecule has 0 amide bonds. The van der Waals surface area contributed by atoms with Crippen LogP contribution >= 0.6 is 27.5 Å². The van der Waals surface area contributed by atoms with Crippen molar-refractivity contribution in [2.45, 2.75) is 55.6 Å². The number of carbonyl (C=O) groups excluding carboxylic acids is 1. The number of hydrogen-bond acceptors (Lipinski definition) is 6. The fraction of sp³-hybridized carbons (Fsp3) is 0.550. The highest BCUT2D eigenvalue weighted by Crippen LogP contribution is 2.48. The lowest BCUT2D eigenvalue weighted by molar-refractivity contribution is -0.161. The minimum atomic E-state index is -5.55. The highest BCUT2D eigenvalue weighted by molar-refractivity contribution is 9.10. The average molecular weight is 651 g/mol. The molecule has 0 spiro atoms. The highest BCUT2D eigenvalue weighted by Gasteiger charge is 2.62. The van der Waals surface area contributed by atoms with Crippen LogP contribution in [0.1, 0.15) is 19.0 Å². The number of aromatic nitrogens is 2. The molecule has 7 nitrogen and oxygen atoms in total. The Morgan fingerprint density at radius 3 is 2.18 bits per heavy atom. The van der Waals surface area contributed by atoms with Crippen molar-refractivity contribution in [1.29, 1.82) is 0 Å². The molecule has 1 heterocycles. The Kier molecular flexibility index (Phi) is 9.31. The maximum atomic E-state index is 14.2. The molecule has 0 bridgehead atoms. The van der Waals surface area contributed by atoms with Gasteiger partial charge in [-0.1, -0.05) is 19.1 Å². The number of allylic oxidation sites excluding steroid dienone is 2. The lowest BCUT2D eigenvalue weighted by Crippen LogP contribution is -2.62. The fourth-order valence-electron chi connectivity index (χ4n) is 3.52. The third-order valence-corrected chi connectivity index (χ3v) is 6.53. The predicted molar refractivity (Wildman–Crippen MR) is 118 cm³/mol. The van der Waals surface area contributed by atoms with Crippen molar-refractivity contribution in [3.8, 4) is 0 Å². The van der Waals surface area contributed by atoms with Gasteiger partial charge in [0.1, 0.15) is 4.47 Å². The van der Waals surface area contributed by atoms with Crippen LogP contribution in [0.15, 0.2) is 33.1 Å². The van der Waals surface area contributed by atoms with Crippen LogP contribution in [0, 0.1) is 0 Å². The van der Waals surface area contributed by atoms with E-state index in [1.54, 1.807) is 0 Å². The number of rotatable bonds is 7. The largest absolute Gasteiger partial charge is 0.466 e. The Balaban J connectivity index is 3.14. The molecule has 0 N–H and O–H groups in total. The van der Waals surface area contributed by atoms with Gasteiger partial charge in [0, 0.05) is 13.7 Å². The minimum absolute atomic E-state index is 0.00436. The number of halogens is 11. The first-order valence-electron chi connectivity index (χ1n) is 10.3. The molecule has 2 rings (SSSR count). The van der Waals surface area contributed by atoms with Crippen LogP contribution in [0.4, 0.5) is 45.5 Å². The second-order valence-electron chi connectivity index (χ2n) is 7.71. The molecule has 1 aliphatic rings. The number of hydrogen-bond donors (Lipinski definition) is 0. The SMILES string of the molecule is CCCn1c(N(C(OC)C(=O)OC)C2C=C(C(F)(F)F)C=CC2(Cl)C(F)(F)F)nc(C(F)(F)F)c(Br)c1=O. The van der Waals surface area contributed by atoms with Crippen LogP contribution in [0.2, 0.25) is 0 Å². The molecular weight excluding hydrogens is 633 g/mol. The van der Waals surface area contributed by atoms with Gasteiger partial charge in [0.25, 0.3) is 5.56 Å². The van der Waals surface area contributed by atoms with E-state index in [0.717, 1.165) is 14.2 Å². The van der Waals surface area contributed by atoms with E-state index >= 15 is 0 Å². The van der Waals surface area contributed by atoms with Crippen LogP contribution in [-0.2, 0) is 27.0 Å². The summed E-state index contributed by atoms with van der Waals surface area (Å²) in [6.45, 7) is 0.957. The number of nitrogens with zero attached hydrogens (tertiary/aromatic N) is 3. The van der Waals surface area contributed by atoms with Gasteiger partial charge < -0.3 is 9.47 Å². The predicted octanol–water partition coefficient (Wildman–Crippen LogP) is 5.35. The second-order valence-corrected chi connectivity index (χ2v) is 9.13. The zero-order chi connectivity index (χ0) is 29.4. The molecule has 18 heteroatoms. The summed E-state index contributed by atoms with van der Waals surface area (Å²) in [5.41, 5.74) is -5.05. The Hall–Kier alpha value is -2.27. The first kappa shape index (κ1) is 31.9. The van der Waals surface area contributed by atoms with E-state index in [-0.39, 0.29) is 29.5 Å². The molecule has 0 saturated carbocycles. The Labute approximate surface area is 222 Å². The zero-order valence-corrected chi connectivity index (χ0v) is 21.8. The third kappa shape index (κ3) is 5.98. The van der Waals surface area contributed by atoms with Crippen LogP contribution in [0.25, 0.3) is 0 Å². The maximum Gasteiger partial charge on any atom is 0.434 e. The Bertz CT molecular complexity index is 1180. The summed E-state index contributed by atoms with van der Waals surface area (Å²) in [5.74, 6) is -2.82. The normalized spacial score (nSPS) is 21.2. The van der Waals surface area contributed by atoms with Crippen LogP contribution in [-0.4, -0.2) is 59.2 Å². The molecular formula is C20H18BrClF9N3O4. The first-order chi connectivity index (χ1) is 17.3. The number of esters is 1. The van der Waals surface area contributed by atoms with Gasteiger partial charge in [-0.05, 0) is 28.4 Å². The van der Waals surface area contributed by atoms with Crippen LogP contribution in [0.5, 0.6) is 0 Å². The molecule has 0 saturated heterocycles. The molecule has 38 heavy (non-hydrogen) atoms. The minimum Gasteiger partial charge on any atom is -0.466 e. The molecule has 1 aliphatic carbocycles. The molecule has 3 atom stereocenters. The summed E-state index contributed by atoms with van der Waals surface area (Å²) in [5, 5.41) is 0. The summed E-state index contributed by atoms with van der Waals surface area (Å²) >= 11 is 8.30. The van der Waals surface area contributed by atoms with E-state index in [1.807, 2.05) is 0 Å². The molecule has 214 valence electrons. The van der Waals surface area contributed by atoms with E-state index in [1.165, 1.54) is 6.92 Å². The van der Waals surface area contributed by atoms with Crippen molar-refractivity contribution < 1.29 is 53.8 Å².